The van der Waals surface area contributed by atoms with Gasteiger partial charge in [-0.3, -0.25) is 14.2 Å². The summed E-state index contributed by atoms with van der Waals surface area (Å²) in [5.41, 5.74) is 0.836. The van der Waals surface area contributed by atoms with Crippen LogP contribution in [-0.2, 0) is 11.2 Å². The van der Waals surface area contributed by atoms with Gasteiger partial charge in [-0.25, -0.2) is 4.98 Å². The molecule has 1 amide bonds. The summed E-state index contributed by atoms with van der Waals surface area (Å²) in [4.78, 5) is 30.9. The van der Waals surface area contributed by atoms with Gasteiger partial charge in [0, 0.05) is 37.0 Å². The molecule has 0 saturated carbocycles. The van der Waals surface area contributed by atoms with Crippen molar-refractivity contribution in [3.05, 3.63) is 22.1 Å². The summed E-state index contributed by atoms with van der Waals surface area (Å²) in [6.07, 6.45) is 2.19. The first-order valence-electron chi connectivity index (χ1n) is 7.63. The van der Waals surface area contributed by atoms with E-state index in [-0.39, 0.29) is 17.5 Å². The van der Waals surface area contributed by atoms with E-state index in [2.05, 4.69) is 11.9 Å². The van der Waals surface area contributed by atoms with Gasteiger partial charge in [-0.2, -0.15) is 0 Å². The quantitative estimate of drug-likeness (QED) is 0.755. The fourth-order valence-corrected chi connectivity index (χ4v) is 3.81. The number of nitrogens with zero attached hydrogens (tertiary/aromatic N) is 3. The normalized spacial score (nSPS) is 16.8. The van der Waals surface area contributed by atoms with Gasteiger partial charge in [0.25, 0.3) is 5.56 Å². The molecule has 2 heterocycles. The summed E-state index contributed by atoms with van der Waals surface area (Å²) in [5, 5.41) is 0.767. The third-order valence-corrected chi connectivity index (χ3v) is 4.87. The second kappa shape index (κ2) is 7.11. The molecule has 21 heavy (non-hydrogen) atoms. The SMILES string of the molecule is CCCc1cc(=O)n2c(n1)SCC2CC(=O)N(CC)CC. The maximum atomic E-state index is 12.3. The standard InChI is InChI=1S/C15H23N3O2S/c1-4-7-11-8-14(20)18-12(10-21-15(18)16-11)9-13(19)17(5-2)6-3/h8,12H,4-7,9-10H2,1-3H3. The van der Waals surface area contributed by atoms with Crippen LogP contribution in [0.1, 0.15) is 45.3 Å². The van der Waals surface area contributed by atoms with Crippen LogP contribution in [0.25, 0.3) is 0 Å². The molecule has 2 rings (SSSR count). The van der Waals surface area contributed by atoms with E-state index in [0.29, 0.717) is 19.5 Å². The predicted molar refractivity (Wildman–Crippen MR) is 84.8 cm³/mol. The van der Waals surface area contributed by atoms with Crippen LogP contribution in [-0.4, -0.2) is 39.2 Å². The molecule has 0 N–H and O–H groups in total. The molecule has 1 aliphatic rings. The van der Waals surface area contributed by atoms with Crippen LogP contribution >= 0.6 is 11.8 Å². The minimum absolute atomic E-state index is 0.0224. The Labute approximate surface area is 129 Å². The average molecular weight is 309 g/mol. The third kappa shape index (κ3) is 3.48. The van der Waals surface area contributed by atoms with Crippen LogP contribution in [0.15, 0.2) is 16.0 Å². The van der Waals surface area contributed by atoms with E-state index in [0.717, 1.165) is 29.4 Å². The van der Waals surface area contributed by atoms with Crippen molar-refractivity contribution in [2.24, 2.45) is 0 Å². The van der Waals surface area contributed by atoms with Gasteiger partial charge in [0.05, 0.1) is 6.04 Å². The number of aryl methyl sites for hydroxylation is 1. The molecule has 6 heteroatoms. The first kappa shape index (κ1) is 16.1. The average Bonchev–Trinajstić information content (AvgIpc) is 2.84. The monoisotopic (exact) mass is 309 g/mol. The first-order valence-corrected chi connectivity index (χ1v) is 8.62. The van der Waals surface area contributed by atoms with Crippen molar-refractivity contribution in [2.45, 2.75) is 51.2 Å². The molecule has 5 nitrogen and oxygen atoms in total. The Morgan fingerprint density at radius 2 is 2.14 bits per heavy atom. The maximum absolute atomic E-state index is 12.3. The minimum atomic E-state index is -0.0613. The predicted octanol–water partition coefficient (Wildman–Crippen LogP) is 2.10. The zero-order valence-corrected chi connectivity index (χ0v) is 13.8. The van der Waals surface area contributed by atoms with E-state index < -0.39 is 0 Å². The molecular formula is C15H23N3O2S. The maximum Gasteiger partial charge on any atom is 0.254 e. The van der Waals surface area contributed by atoms with E-state index in [1.165, 1.54) is 0 Å². The van der Waals surface area contributed by atoms with Crippen LogP contribution in [0, 0.1) is 0 Å². The highest BCUT2D eigenvalue weighted by atomic mass is 32.2. The summed E-state index contributed by atoms with van der Waals surface area (Å²) in [6.45, 7) is 7.45. The smallest absolute Gasteiger partial charge is 0.254 e. The summed E-state index contributed by atoms with van der Waals surface area (Å²) in [6, 6.07) is 1.56. The van der Waals surface area contributed by atoms with Crippen molar-refractivity contribution >= 4 is 17.7 Å². The first-order chi connectivity index (χ1) is 10.1. The Morgan fingerprint density at radius 1 is 1.43 bits per heavy atom. The molecule has 1 unspecified atom stereocenters. The van der Waals surface area contributed by atoms with E-state index in [1.807, 2.05) is 18.7 Å². The number of aromatic nitrogens is 2. The number of rotatable bonds is 6. The Morgan fingerprint density at radius 3 is 2.76 bits per heavy atom. The number of thioether (sulfide) groups is 1. The number of carbonyl (C=O) groups excluding carboxylic acids is 1. The van der Waals surface area contributed by atoms with Gasteiger partial charge in [-0.15, -0.1) is 0 Å². The highest BCUT2D eigenvalue weighted by Gasteiger charge is 2.28. The molecule has 0 saturated heterocycles. The van der Waals surface area contributed by atoms with Gasteiger partial charge in [0.2, 0.25) is 5.91 Å². The Kier molecular flexibility index (Phi) is 5.45. The summed E-state index contributed by atoms with van der Waals surface area (Å²) in [7, 11) is 0. The molecule has 0 aliphatic carbocycles. The van der Waals surface area contributed by atoms with Gasteiger partial charge in [0.1, 0.15) is 0 Å². The topological polar surface area (TPSA) is 55.2 Å². The number of hydrogen-bond acceptors (Lipinski definition) is 4. The van der Waals surface area contributed by atoms with E-state index in [9.17, 15) is 9.59 Å². The van der Waals surface area contributed by atoms with Crippen molar-refractivity contribution < 1.29 is 4.79 Å². The molecule has 0 spiro atoms. The minimum Gasteiger partial charge on any atom is -0.343 e. The summed E-state index contributed by atoms with van der Waals surface area (Å²) in [5.74, 6) is 0.869. The van der Waals surface area contributed by atoms with E-state index in [4.69, 9.17) is 0 Å². The van der Waals surface area contributed by atoms with Gasteiger partial charge in [-0.1, -0.05) is 25.1 Å². The molecule has 1 aromatic heterocycles. The Bertz CT molecular complexity index is 567. The van der Waals surface area contributed by atoms with E-state index >= 15 is 0 Å². The fourth-order valence-electron chi connectivity index (χ4n) is 2.64. The second-order valence-electron chi connectivity index (χ2n) is 5.22. The lowest BCUT2D eigenvalue weighted by molar-refractivity contribution is -0.131. The molecule has 1 aromatic rings. The number of amides is 1. The van der Waals surface area contributed by atoms with Crippen molar-refractivity contribution in [1.82, 2.24) is 14.5 Å². The Hall–Kier alpha value is -1.30. The zero-order valence-electron chi connectivity index (χ0n) is 13.0. The molecule has 0 radical (unpaired) electrons. The van der Waals surface area contributed by atoms with Gasteiger partial charge < -0.3 is 4.90 Å². The molecular weight excluding hydrogens is 286 g/mol. The van der Waals surface area contributed by atoms with Gasteiger partial charge >= 0.3 is 0 Å². The fraction of sp³-hybridized carbons (Fsp3) is 0.667. The number of fused-ring (bicyclic) bond motifs is 1. The third-order valence-electron chi connectivity index (χ3n) is 3.78. The molecule has 1 aliphatic heterocycles. The van der Waals surface area contributed by atoms with Crippen LogP contribution in [0.3, 0.4) is 0 Å². The van der Waals surface area contributed by atoms with Crippen LogP contribution in [0.4, 0.5) is 0 Å². The number of hydrogen-bond donors (Lipinski definition) is 0. The highest BCUT2D eigenvalue weighted by molar-refractivity contribution is 7.99. The van der Waals surface area contributed by atoms with Crippen molar-refractivity contribution in [1.29, 1.82) is 0 Å². The van der Waals surface area contributed by atoms with Crippen LogP contribution in [0.5, 0.6) is 0 Å². The van der Waals surface area contributed by atoms with Gasteiger partial charge in [-0.05, 0) is 20.3 Å². The van der Waals surface area contributed by atoms with Crippen LogP contribution < -0.4 is 5.56 Å². The second-order valence-corrected chi connectivity index (χ2v) is 6.21. The summed E-state index contributed by atoms with van der Waals surface area (Å²) >= 11 is 1.58. The largest absolute Gasteiger partial charge is 0.343 e. The van der Waals surface area contributed by atoms with Crippen LogP contribution in [0.2, 0.25) is 0 Å². The summed E-state index contributed by atoms with van der Waals surface area (Å²) < 4.78 is 1.70. The van der Waals surface area contributed by atoms with E-state index in [1.54, 1.807) is 22.4 Å². The van der Waals surface area contributed by atoms with Crippen molar-refractivity contribution in [3.8, 4) is 0 Å². The highest BCUT2D eigenvalue weighted by Crippen LogP contribution is 2.32. The number of carbonyl (C=O) groups is 1. The molecule has 0 aromatic carbocycles. The molecule has 0 bridgehead atoms. The lowest BCUT2D eigenvalue weighted by atomic mass is 10.2. The molecule has 116 valence electrons. The van der Waals surface area contributed by atoms with Crippen molar-refractivity contribution in [3.63, 3.8) is 0 Å². The Balaban J connectivity index is 2.18. The van der Waals surface area contributed by atoms with Gasteiger partial charge in [0.15, 0.2) is 5.16 Å². The zero-order chi connectivity index (χ0) is 15.4. The molecule has 1 atom stereocenters. The molecule has 0 fully saturated rings. The lowest BCUT2D eigenvalue weighted by Crippen LogP contribution is -2.34. The lowest BCUT2D eigenvalue weighted by Gasteiger charge is -2.21. The van der Waals surface area contributed by atoms with Crippen molar-refractivity contribution in [2.75, 3.05) is 18.8 Å².